The van der Waals surface area contributed by atoms with Crippen LogP contribution in [0.4, 0.5) is 0 Å². The molecule has 0 aliphatic carbocycles. The fourth-order valence-electron chi connectivity index (χ4n) is 0. The maximum atomic E-state index is 8.88. The van der Waals surface area contributed by atoms with Crippen LogP contribution in [0.2, 0.25) is 0 Å². The van der Waals surface area contributed by atoms with Crippen molar-refractivity contribution < 1.29 is 29.5 Å². The Morgan fingerprint density at radius 2 is 1.36 bits per heavy atom. The van der Waals surface area contributed by atoms with Crippen LogP contribution in [0.5, 0.6) is 0 Å². The van der Waals surface area contributed by atoms with Gasteiger partial charge in [0.25, 0.3) is 0 Å². The van der Waals surface area contributed by atoms with Crippen molar-refractivity contribution in [2.75, 3.05) is 0 Å². The minimum absolute atomic E-state index is 0.382. The predicted octanol–water partition coefficient (Wildman–Crippen LogP) is -0.831. The zero-order valence-corrected chi connectivity index (χ0v) is 7.19. The lowest BCUT2D eigenvalue weighted by atomic mass is 10.3. The SMILES string of the molecule is CCC(C)(O)O.O=P(O)(O)O. The van der Waals surface area contributed by atoms with E-state index in [9.17, 15) is 0 Å². The van der Waals surface area contributed by atoms with E-state index in [-0.39, 0.29) is 0 Å². The van der Waals surface area contributed by atoms with E-state index in [0.717, 1.165) is 0 Å². The van der Waals surface area contributed by atoms with E-state index >= 15 is 0 Å². The smallest absolute Gasteiger partial charge is 0.366 e. The van der Waals surface area contributed by atoms with Gasteiger partial charge in [0, 0.05) is 0 Å². The Morgan fingerprint density at radius 1 is 1.27 bits per heavy atom. The summed E-state index contributed by atoms with van der Waals surface area (Å²) in [5.41, 5.74) is 0. The topological polar surface area (TPSA) is 118 Å². The van der Waals surface area contributed by atoms with Gasteiger partial charge in [0.05, 0.1) is 0 Å². The summed E-state index contributed by atoms with van der Waals surface area (Å²) in [4.78, 5) is 21.6. The van der Waals surface area contributed by atoms with Crippen molar-refractivity contribution in [2.45, 2.75) is 26.1 Å². The Kier molecular flexibility index (Phi) is 5.96. The molecule has 0 rings (SSSR count). The second kappa shape index (κ2) is 4.82. The zero-order chi connectivity index (χ0) is 9.71. The van der Waals surface area contributed by atoms with Crippen molar-refractivity contribution >= 4 is 7.82 Å². The first-order valence-corrected chi connectivity index (χ1v) is 4.36. The number of hydrogen-bond donors (Lipinski definition) is 5. The van der Waals surface area contributed by atoms with Gasteiger partial charge in [0.1, 0.15) is 0 Å². The van der Waals surface area contributed by atoms with Gasteiger partial charge in [0.15, 0.2) is 5.79 Å². The highest BCUT2D eigenvalue weighted by Crippen LogP contribution is 2.25. The summed E-state index contributed by atoms with van der Waals surface area (Å²) in [6.07, 6.45) is 0.382. The molecule has 0 spiro atoms. The summed E-state index contributed by atoms with van der Waals surface area (Å²) in [6, 6.07) is 0. The highest BCUT2D eigenvalue weighted by molar-refractivity contribution is 7.45. The molecular formula is C4H13O6P. The van der Waals surface area contributed by atoms with Crippen molar-refractivity contribution in [3.05, 3.63) is 0 Å². The van der Waals surface area contributed by atoms with E-state index in [2.05, 4.69) is 0 Å². The van der Waals surface area contributed by atoms with Crippen LogP contribution in [0, 0.1) is 0 Å². The van der Waals surface area contributed by atoms with Crippen LogP contribution >= 0.6 is 7.82 Å². The van der Waals surface area contributed by atoms with Gasteiger partial charge in [0.2, 0.25) is 0 Å². The maximum absolute atomic E-state index is 8.88. The number of aliphatic hydroxyl groups is 2. The molecule has 0 amide bonds. The van der Waals surface area contributed by atoms with Crippen molar-refractivity contribution in [3.63, 3.8) is 0 Å². The molecule has 6 nitrogen and oxygen atoms in total. The molecule has 0 bridgehead atoms. The summed E-state index contributed by atoms with van der Waals surface area (Å²) >= 11 is 0. The summed E-state index contributed by atoms with van der Waals surface area (Å²) < 4.78 is 8.88. The number of hydrogen-bond acceptors (Lipinski definition) is 3. The first-order valence-electron chi connectivity index (χ1n) is 2.79. The first kappa shape index (κ1) is 13.6. The first-order chi connectivity index (χ1) is 4.56. The quantitative estimate of drug-likeness (QED) is 0.270. The van der Waals surface area contributed by atoms with Gasteiger partial charge < -0.3 is 24.9 Å². The van der Waals surface area contributed by atoms with Crippen LogP contribution in [-0.4, -0.2) is 30.7 Å². The Labute approximate surface area is 64.4 Å². The largest absolute Gasteiger partial charge is 0.466 e. The molecular weight excluding hydrogens is 175 g/mol. The summed E-state index contributed by atoms with van der Waals surface area (Å²) in [7, 11) is -4.64. The molecule has 0 aromatic carbocycles. The fraction of sp³-hybridized carbons (Fsp3) is 1.00. The van der Waals surface area contributed by atoms with Crippen molar-refractivity contribution in [3.8, 4) is 0 Å². The van der Waals surface area contributed by atoms with Gasteiger partial charge in [-0.2, -0.15) is 0 Å². The molecule has 0 unspecified atom stereocenters. The van der Waals surface area contributed by atoms with Crippen LogP contribution in [0.3, 0.4) is 0 Å². The van der Waals surface area contributed by atoms with E-state index in [1.165, 1.54) is 6.92 Å². The zero-order valence-electron chi connectivity index (χ0n) is 6.30. The predicted molar refractivity (Wildman–Crippen MR) is 37.4 cm³/mol. The highest BCUT2D eigenvalue weighted by atomic mass is 31.2. The molecule has 5 N–H and O–H groups in total. The van der Waals surface area contributed by atoms with E-state index in [1.54, 1.807) is 6.92 Å². The molecule has 0 fully saturated rings. The highest BCUT2D eigenvalue weighted by Gasteiger charge is 2.08. The molecule has 7 heteroatoms. The van der Waals surface area contributed by atoms with Crippen LogP contribution in [0.1, 0.15) is 20.3 Å². The van der Waals surface area contributed by atoms with E-state index in [1.807, 2.05) is 0 Å². The lowest BCUT2D eigenvalue weighted by Crippen LogP contribution is -2.20. The Morgan fingerprint density at radius 3 is 1.36 bits per heavy atom. The third-order valence-corrected chi connectivity index (χ3v) is 0.670. The van der Waals surface area contributed by atoms with Crippen molar-refractivity contribution in [1.82, 2.24) is 0 Å². The van der Waals surface area contributed by atoms with Crippen LogP contribution < -0.4 is 0 Å². The molecule has 0 aromatic heterocycles. The second-order valence-electron chi connectivity index (χ2n) is 2.08. The summed E-state index contributed by atoms with van der Waals surface area (Å²) in [5.74, 6) is -1.46. The Balaban J connectivity index is 0. The molecule has 0 aliphatic heterocycles. The van der Waals surface area contributed by atoms with Gasteiger partial charge in [-0.3, -0.25) is 0 Å². The van der Waals surface area contributed by atoms with Crippen LogP contribution in [-0.2, 0) is 4.57 Å². The lowest BCUT2D eigenvalue weighted by molar-refractivity contribution is -0.145. The van der Waals surface area contributed by atoms with E-state index in [0.29, 0.717) is 6.42 Å². The Bertz CT molecular complexity index is 124. The van der Waals surface area contributed by atoms with Gasteiger partial charge in [-0.1, -0.05) is 6.92 Å². The van der Waals surface area contributed by atoms with Crippen molar-refractivity contribution in [2.24, 2.45) is 0 Å². The van der Waals surface area contributed by atoms with Crippen molar-refractivity contribution in [1.29, 1.82) is 0 Å². The standard InChI is InChI=1S/C4H10O2.H3O4P/c1-3-4(2,5)6;1-5(2,3)4/h5-6H,3H2,1-2H3;(H3,1,2,3,4). The molecule has 0 saturated heterocycles. The molecule has 0 saturated carbocycles. The normalized spacial score (nSPS) is 11.9. The Hall–Kier alpha value is 0.0300. The monoisotopic (exact) mass is 188 g/mol. The van der Waals surface area contributed by atoms with Gasteiger partial charge in [-0.15, -0.1) is 0 Å². The molecule has 0 atom stereocenters. The number of rotatable bonds is 1. The molecule has 0 radical (unpaired) electrons. The minimum atomic E-state index is -4.64. The van der Waals surface area contributed by atoms with E-state index in [4.69, 9.17) is 29.5 Å². The fourth-order valence-corrected chi connectivity index (χ4v) is 0. The minimum Gasteiger partial charge on any atom is -0.366 e. The van der Waals surface area contributed by atoms with Crippen LogP contribution in [0.25, 0.3) is 0 Å². The van der Waals surface area contributed by atoms with Gasteiger partial charge in [-0.25, -0.2) is 4.57 Å². The van der Waals surface area contributed by atoms with Gasteiger partial charge in [-0.05, 0) is 13.3 Å². The molecule has 70 valence electrons. The molecule has 11 heavy (non-hydrogen) atoms. The summed E-state index contributed by atoms with van der Waals surface area (Å²) in [5, 5.41) is 16.8. The average Bonchev–Trinajstić information content (AvgIpc) is 1.59. The number of phosphoric acid groups is 1. The third-order valence-electron chi connectivity index (χ3n) is 0.670. The lowest BCUT2D eigenvalue weighted by Gasteiger charge is -2.10. The third kappa shape index (κ3) is 70.4. The second-order valence-corrected chi connectivity index (χ2v) is 3.11. The van der Waals surface area contributed by atoms with Crippen LogP contribution in [0.15, 0.2) is 0 Å². The average molecular weight is 188 g/mol. The van der Waals surface area contributed by atoms with Gasteiger partial charge >= 0.3 is 7.82 Å². The molecule has 0 aliphatic rings. The molecule has 0 heterocycles. The summed E-state index contributed by atoms with van der Waals surface area (Å²) in [6.45, 7) is 3.06. The molecule has 0 aromatic rings. The van der Waals surface area contributed by atoms with E-state index < -0.39 is 13.6 Å². The maximum Gasteiger partial charge on any atom is 0.466 e.